The molecule has 2 nitrogen and oxygen atoms in total. The Hall–Kier alpha value is -0.803. The first-order chi connectivity index (χ1) is 7.26. The van der Waals surface area contributed by atoms with E-state index in [2.05, 4.69) is 13.8 Å². The normalized spacial score (nSPS) is 11.4. The minimum absolute atomic E-state index is 0.737. The Morgan fingerprint density at radius 3 is 2.20 bits per heavy atom. The third-order valence-corrected chi connectivity index (χ3v) is 7.41. The molecule has 3 heteroatoms. The van der Waals surface area contributed by atoms with E-state index >= 15 is 0 Å². The van der Waals surface area contributed by atoms with E-state index in [-0.39, 0.29) is 0 Å². The van der Waals surface area contributed by atoms with Crippen molar-refractivity contribution in [2.75, 3.05) is 6.54 Å². The van der Waals surface area contributed by atoms with Gasteiger partial charge in [0.2, 0.25) is 0 Å². The number of para-hydroxylation sites is 1. The third-order valence-electron chi connectivity index (χ3n) is 2.97. The summed E-state index contributed by atoms with van der Waals surface area (Å²) in [5.41, 5.74) is 5.67. The van der Waals surface area contributed by atoms with Gasteiger partial charge in [0, 0.05) is 0 Å². The predicted molar refractivity (Wildman–Crippen MR) is 67.6 cm³/mol. The van der Waals surface area contributed by atoms with Crippen molar-refractivity contribution >= 4 is 8.32 Å². The summed E-state index contributed by atoms with van der Waals surface area (Å²) in [6.45, 7) is 5.17. The highest BCUT2D eigenvalue weighted by atomic mass is 28.4. The van der Waals surface area contributed by atoms with Crippen molar-refractivity contribution in [1.29, 1.82) is 0 Å². The van der Waals surface area contributed by atoms with Gasteiger partial charge in [-0.25, -0.2) is 0 Å². The Kier molecular flexibility index (Phi) is 4.85. The highest BCUT2D eigenvalue weighted by Gasteiger charge is 2.31. The van der Waals surface area contributed by atoms with Crippen LogP contribution >= 0.6 is 0 Å². The lowest BCUT2D eigenvalue weighted by atomic mass is 10.3. The summed E-state index contributed by atoms with van der Waals surface area (Å²) in [6, 6.07) is 13.4. The molecule has 0 aliphatic rings. The van der Waals surface area contributed by atoms with Crippen molar-refractivity contribution in [3.05, 3.63) is 30.3 Å². The minimum Gasteiger partial charge on any atom is -0.543 e. The second-order valence-electron chi connectivity index (χ2n) is 3.84. The second kappa shape index (κ2) is 5.93. The summed E-state index contributed by atoms with van der Waals surface area (Å²) < 4.78 is 6.20. The molecule has 0 atom stereocenters. The quantitative estimate of drug-likeness (QED) is 0.752. The molecule has 0 saturated heterocycles. The van der Waals surface area contributed by atoms with E-state index in [4.69, 9.17) is 10.2 Å². The molecule has 2 N–H and O–H groups in total. The molecule has 0 aliphatic carbocycles. The molecular formula is C12H21NOSi. The van der Waals surface area contributed by atoms with E-state index < -0.39 is 8.32 Å². The van der Waals surface area contributed by atoms with Crippen LogP contribution in [0, 0.1) is 0 Å². The van der Waals surface area contributed by atoms with Gasteiger partial charge in [-0.15, -0.1) is 0 Å². The van der Waals surface area contributed by atoms with E-state index in [1.807, 2.05) is 30.3 Å². The van der Waals surface area contributed by atoms with Gasteiger partial charge in [0.15, 0.2) is 0 Å². The molecular weight excluding hydrogens is 202 g/mol. The van der Waals surface area contributed by atoms with Gasteiger partial charge in [0.05, 0.1) is 0 Å². The fourth-order valence-corrected chi connectivity index (χ4v) is 4.56. The van der Waals surface area contributed by atoms with Gasteiger partial charge in [0.1, 0.15) is 5.75 Å². The molecule has 0 bridgehead atoms. The van der Waals surface area contributed by atoms with E-state index in [0.29, 0.717) is 0 Å². The molecule has 1 rings (SSSR count). The highest BCUT2D eigenvalue weighted by Crippen LogP contribution is 2.24. The van der Waals surface area contributed by atoms with Crippen LogP contribution < -0.4 is 10.2 Å². The number of hydrogen-bond acceptors (Lipinski definition) is 2. The van der Waals surface area contributed by atoms with Crippen LogP contribution in [0.25, 0.3) is 0 Å². The Balaban J connectivity index is 2.74. The van der Waals surface area contributed by atoms with Gasteiger partial charge in [-0.3, -0.25) is 0 Å². The molecule has 15 heavy (non-hydrogen) atoms. The van der Waals surface area contributed by atoms with Crippen molar-refractivity contribution in [1.82, 2.24) is 0 Å². The second-order valence-corrected chi connectivity index (χ2v) is 8.33. The Labute approximate surface area is 93.6 Å². The van der Waals surface area contributed by atoms with Crippen LogP contribution in [-0.2, 0) is 0 Å². The van der Waals surface area contributed by atoms with Gasteiger partial charge in [-0.05, 0) is 36.8 Å². The molecule has 0 saturated carbocycles. The lowest BCUT2D eigenvalue weighted by Crippen LogP contribution is -2.42. The predicted octanol–water partition coefficient (Wildman–Crippen LogP) is 3.01. The lowest BCUT2D eigenvalue weighted by Gasteiger charge is -2.29. The Bertz CT molecular complexity index is 272. The summed E-state index contributed by atoms with van der Waals surface area (Å²) in [7, 11) is -1.61. The van der Waals surface area contributed by atoms with Crippen LogP contribution in [0.3, 0.4) is 0 Å². The standard InChI is InChI=1S/C12H21NOSi/c1-3-15(4-2,11-10-13)14-12-8-6-5-7-9-12/h5-9H,3-4,10-11,13H2,1-2H3. The average molecular weight is 223 g/mol. The SMILES string of the molecule is CC[Si](CC)(CCN)Oc1ccccc1. The zero-order chi connectivity index (χ0) is 11.1. The van der Waals surface area contributed by atoms with Crippen LogP contribution in [0.4, 0.5) is 0 Å². The first kappa shape index (κ1) is 12.3. The molecule has 0 radical (unpaired) electrons. The first-order valence-electron chi connectivity index (χ1n) is 5.70. The maximum atomic E-state index is 6.20. The maximum absolute atomic E-state index is 6.20. The van der Waals surface area contributed by atoms with Crippen molar-refractivity contribution in [2.45, 2.75) is 32.0 Å². The highest BCUT2D eigenvalue weighted by molar-refractivity contribution is 6.74. The first-order valence-corrected chi connectivity index (χ1v) is 8.23. The Morgan fingerprint density at radius 1 is 1.13 bits per heavy atom. The average Bonchev–Trinajstić information content (AvgIpc) is 2.30. The fourth-order valence-electron chi connectivity index (χ4n) is 1.80. The topological polar surface area (TPSA) is 35.2 Å². The molecule has 0 aromatic heterocycles. The molecule has 1 aromatic carbocycles. The van der Waals surface area contributed by atoms with E-state index in [1.165, 1.54) is 0 Å². The summed E-state index contributed by atoms with van der Waals surface area (Å²) in [4.78, 5) is 0. The summed E-state index contributed by atoms with van der Waals surface area (Å²) in [5.74, 6) is 1.00. The molecule has 0 fully saturated rings. The van der Waals surface area contributed by atoms with Crippen molar-refractivity contribution in [3.8, 4) is 5.75 Å². The Morgan fingerprint density at radius 2 is 1.73 bits per heavy atom. The van der Waals surface area contributed by atoms with Crippen LogP contribution in [0.1, 0.15) is 13.8 Å². The van der Waals surface area contributed by atoms with E-state index in [0.717, 1.165) is 30.4 Å². The number of hydrogen-bond donors (Lipinski definition) is 1. The largest absolute Gasteiger partial charge is 0.543 e. The fraction of sp³-hybridized carbons (Fsp3) is 0.500. The van der Waals surface area contributed by atoms with Gasteiger partial charge >= 0.3 is 0 Å². The van der Waals surface area contributed by atoms with Crippen LogP contribution in [0.2, 0.25) is 18.1 Å². The van der Waals surface area contributed by atoms with E-state index in [1.54, 1.807) is 0 Å². The summed E-state index contributed by atoms with van der Waals surface area (Å²) in [6.07, 6.45) is 0. The third kappa shape index (κ3) is 3.36. The van der Waals surface area contributed by atoms with Crippen LogP contribution in [-0.4, -0.2) is 14.9 Å². The molecule has 0 spiro atoms. The van der Waals surface area contributed by atoms with Gasteiger partial charge < -0.3 is 10.2 Å². The zero-order valence-corrected chi connectivity index (χ0v) is 10.7. The molecule has 1 aromatic rings. The van der Waals surface area contributed by atoms with Crippen molar-refractivity contribution in [2.24, 2.45) is 5.73 Å². The maximum Gasteiger partial charge on any atom is 0.251 e. The molecule has 0 unspecified atom stereocenters. The van der Waals surface area contributed by atoms with Gasteiger partial charge in [-0.2, -0.15) is 0 Å². The molecule has 0 heterocycles. The van der Waals surface area contributed by atoms with Crippen molar-refractivity contribution in [3.63, 3.8) is 0 Å². The van der Waals surface area contributed by atoms with E-state index in [9.17, 15) is 0 Å². The van der Waals surface area contributed by atoms with Gasteiger partial charge in [0.25, 0.3) is 8.32 Å². The molecule has 0 aliphatic heterocycles. The summed E-state index contributed by atoms with van der Waals surface area (Å²) >= 11 is 0. The van der Waals surface area contributed by atoms with Crippen LogP contribution in [0.5, 0.6) is 5.75 Å². The molecule has 84 valence electrons. The lowest BCUT2D eigenvalue weighted by molar-refractivity contribution is 0.530. The number of benzene rings is 1. The monoisotopic (exact) mass is 223 g/mol. The van der Waals surface area contributed by atoms with Crippen molar-refractivity contribution < 1.29 is 4.43 Å². The molecule has 0 amide bonds. The minimum atomic E-state index is -1.61. The van der Waals surface area contributed by atoms with Gasteiger partial charge in [-0.1, -0.05) is 32.0 Å². The number of rotatable bonds is 6. The zero-order valence-electron chi connectivity index (χ0n) is 9.70. The summed E-state index contributed by atoms with van der Waals surface area (Å²) in [5, 5.41) is 0. The smallest absolute Gasteiger partial charge is 0.251 e. The number of nitrogens with two attached hydrogens (primary N) is 1. The van der Waals surface area contributed by atoms with Crippen LogP contribution in [0.15, 0.2) is 30.3 Å².